The molecule has 0 spiro atoms. The van der Waals surface area contributed by atoms with E-state index in [9.17, 15) is 0 Å². The van der Waals surface area contributed by atoms with E-state index < -0.39 is 0 Å². The number of aryl methyl sites for hydroxylation is 3. The van der Waals surface area contributed by atoms with Gasteiger partial charge in [0.05, 0.1) is 7.11 Å². The average molecular weight is 267 g/mol. The number of nitrogens with zero attached hydrogens (tertiary/aromatic N) is 3. The molecule has 0 N–H and O–H groups in total. The molecule has 0 aliphatic rings. The summed E-state index contributed by atoms with van der Waals surface area (Å²) < 4.78 is 7.08. The van der Waals surface area contributed by atoms with Crippen molar-refractivity contribution in [3.05, 3.63) is 59.5 Å². The van der Waals surface area contributed by atoms with E-state index in [0.29, 0.717) is 0 Å². The van der Waals surface area contributed by atoms with Gasteiger partial charge in [-0.15, -0.1) is 0 Å². The summed E-state index contributed by atoms with van der Waals surface area (Å²) in [4.78, 5) is 4.53. The van der Waals surface area contributed by atoms with Crippen molar-refractivity contribution in [3.8, 4) is 5.75 Å². The van der Waals surface area contributed by atoms with Gasteiger partial charge in [-0.1, -0.05) is 18.2 Å². The topological polar surface area (TPSA) is 39.4 Å². The van der Waals surface area contributed by atoms with Gasteiger partial charge < -0.3 is 4.74 Å². The van der Waals surface area contributed by atoms with Crippen LogP contribution in [0.3, 0.4) is 0 Å². The fourth-order valence-electron chi connectivity index (χ4n) is 2.22. The normalized spacial score (nSPS) is 10.9. The zero-order chi connectivity index (χ0) is 13.9. The predicted octanol–water partition coefficient (Wildman–Crippen LogP) is 2.83. The summed E-state index contributed by atoms with van der Waals surface area (Å²) in [6.45, 7) is 2.05. The molecule has 1 aromatic carbocycles. The Morgan fingerprint density at radius 2 is 2.05 bits per heavy atom. The van der Waals surface area contributed by atoms with Crippen molar-refractivity contribution in [2.24, 2.45) is 0 Å². The maximum atomic E-state index is 5.23. The highest BCUT2D eigenvalue weighted by molar-refractivity contribution is 5.38. The molecular weight excluding hydrogens is 250 g/mol. The summed E-state index contributed by atoms with van der Waals surface area (Å²) >= 11 is 0. The number of hydrogen-bond acceptors (Lipinski definition) is 3. The summed E-state index contributed by atoms with van der Waals surface area (Å²) in [5.41, 5.74) is 3.32. The van der Waals surface area contributed by atoms with Gasteiger partial charge in [-0.05, 0) is 42.7 Å². The van der Waals surface area contributed by atoms with Crippen molar-refractivity contribution in [2.45, 2.75) is 19.8 Å². The molecule has 0 saturated heterocycles. The van der Waals surface area contributed by atoms with Crippen LogP contribution in [-0.4, -0.2) is 21.7 Å². The molecule has 2 heterocycles. The smallest absolute Gasteiger partial charge is 0.155 e. The van der Waals surface area contributed by atoms with E-state index in [-0.39, 0.29) is 0 Å². The molecule has 0 aliphatic carbocycles. The van der Waals surface area contributed by atoms with E-state index in [1.54, 1.807) is 7.11 Å². The van der Waals surface area contributed by atoms with E-state index in [1.165, 1.54) is 11.1 Å². The van der Waals surface area contributed by atoms with Gasteiger partial charge in [0.2, 0.25) is 0 Å². The number of aromatic nitrogens is 3. The first-order valence-corrected chi connectivity index (χ1v) is 6.69. The highest BCUT2D eigenvalue weighted by Crippen LogP contribution is 2.14. The van der Waals surface area contributed by atoms with Gasteiger partial charge >= 0.3 is 0 Å². The van der Waals surface area contributed by atoms with Crippen LogP contribution in [0.2, 0.25) is 0 Å². The minimum absolute atomic E-state index is 0.827. The Morgan fingerprint density at radius 3 is 2.90 bits per heavy atom. The Bertz CT molecular complexity index is 733. The van der Waals surface area contributed by atoms with E-state index in [0.717, 1.165) is 30.1 Å². The largest absolute Gasteiger partial charge is 0.497 e. The highest BCUT2D eigenvalue weighted by atomic mass is 16.5. The van der Waals surface area contributed by atoms with Crippen LogP contribution in [-0.2, 0) is 12.8 Å². The lowest BCUT2D eigenvalue weighted by molar-refractivity contribution is 0.414. The molecule has 20 heavy (non-hydrogen) atoms. The molecule has 0 unspecified atom stereocenters. The van der Waals surface area contributed by atoms with Crippen LogP contribution in [0.15, 0.2) is 42.6 Å². The summed E-state index contributed by atoms with van der Waals surface area (Å²) in [5, 5.41) is 4.51. The van der Waals surface area contributed by atoms with Crippen LogP contribution >= 0.6 is 0 Å². The maximum absolute atomic E-state index is 5.23. The molecule has 0 radical (unpaired) electrons. The first-order chi connectivity index (χ1) is 9.74. The van der Waals surface area contributed by atoms with Gasteiger partial charge in [0, 0.05) is 12.6 Å². The molecule has 4 heteroatoms. The van der Waals surface area contributed by atoms with E-state index >= 15 is 0 Å². The van der Waals surface area contributed by atoms with Crippen LogP contribution < -0.4 is 4.74 Å². The van der Waals surface area contributed by atoms with Gasteiger partial charge in [0.1, 0.15) is 5.75 Å². The van der Waals surface area contributed by atoms with Crippen molar-refractivity contribution in [2.75, 3.05) is 7.11 Å². The Morgan fingerprint density at radius 1 is 1.15 bits per heavy atom. The molecule has 102 valence electrons. The Kier molecular flexibility index (Phi) is 3.37. The molecule has 4 nitrogen and oxygen atoms in total. The summed E-state index contributed by atoms with van der Waals surface area (Å²) in [6.07, 6.45) is 3.73. The molecule has 0 atom stereocenters. The van der Waals surface area contributed by atoms with E-state index in [1.807, 2.05) is 28.9 Å². The second kappa shape index (κ2) is 5.33. The van der Waals surface area contributed by atoms with Crippen molar-refractivity contribution in [3.63, 3.8) is 0 Å². The molecule has 3 aromatic rings. The number of fused-ring (bicyclic) bond motifs is 1. The third-order valence-electron chi connectivity index (χ3n) is 3.29. The second-order valence-electron chi connectivity index (χ2n) is 4.89. The zero-order valence-corrected chi connectivity index (χ0v) is 11.7. The van der Waals surface area contributed by atoms with Crippen molar-refractivity contribution in [1.82, 2.24) is 14.6 Å². The molecule has 0 saturated carbocycles. The predicted molar refractivity (Wildman–Crippen MR) is 78.1 cm³/mol. The number of rotatable bonds is 4. The van der Waals surface area contributed by atoms with Gasteiger partial charge in [0.15, 0.2) is 11.5 Å². The minimum Gasteiger partial charge on any atom is -0.497 e. The molecule has 3 rings (SSSR count). The molecule has 0 bridgehead atoms. The summed E-state index contributed by atoms with van der Waals surface area (Å²) in [7, 11) is 1.69. The quantitative estimate of drug-likeness (QED) is 0.729. The molecule has 2 aromatic heterocycles. The third kappa shape index (κ3) is 2.64. The Labute approximate surface area is 118 Å². The van der Waals surface area contributed by atoms with Crippen LogP contribution in [0, 0.1) is 6.92 Å². The van der Waals surface area contributed by atoms with Crippen LogP contribution in [0.4, 0.5) is 0 Å². The fraction of sp³-hybridized carbons (Fsp3) is 0.250. The van der Waals surface area contributed by atoms with Gasteiger partial charge in [-0.25, -0.2) is 9.50 Å². The summed E-state index contributed by atoms with van der Waals surface area (Å²) in [5.74, 6) is 1.76. The van der Waals surface area contributed by atoms with Crippen molar-refractivity contribution in [1.29, 1.82) is 0 Å². The molecule has 0 fully saturated rings. The lowest BCUT2D eigenvalue weighted by Crippen LogP contribution is -1.95. The lowest BCUT2D eigenvalue weighted by Gasteiger charge is -2.02. The Balaban J connectivity index is 1.76. The van der Waals surface area contributed by atoms with Gasteiger partial charge in [-0.3, -0.25) is 0 Å². The molecule has 0 aliphatic heterocycles. The van der Waals surface area contributed by atoms with Gasteiger partial charge in [0.25, 0.3) is 0 Å². The van der Waals surface area contributed by atoms with Crippen molar-refractivity contribution >= 4 is 5.65 Å². The molecule has 0 amide bonds. The number of pyridine rings is 1. The monoisotopic (exact) mass is 267 g/mol. The maximum Gasteiger partial charge on any atom is 0.155 e. The fourth-order valence-corrected chi connectivity index (χ4v) is 2.22. The Hall–Kier alpha value is -2.36. The zero-order valence-electron chi connectivity index (χ0n) is 11.7. The van der Waals surface area contributed by atoms with Crippen LogP contribution in [0.5, 0.6) is 5.75 Å². The van der Waals surface area contributed by atoms with Crippen LogP contribution in [0.1, 0.15) is 17.0 Å². The first-order valence-electron chi connectivity index (χ1n) is 6.69. The second-order valence-corrected chi connectivity index (χ2v) is 4.89. The van der Waals surface area contributed by atoms with E-state index in [4.69, 9.17) is 4.74 Å². The number of ether oxygens (including phenoxy) is 1. The molecular formula is C16H17N3O. The van der Waals surface area contributed by atoms with Crippen molar-refractivity contribution < 1.29 is 4.74 Å². The minimum atomic E-state index is 0.827. The lowest BCUT2D eigenvalue weighted by atomic mass is 10.1. The first kappa shape index (κ1) is 12.7. The van der Waals surface area contributed by atoms with Crippen LogP contribution in [0.25, 0.3) is 5.65 Å². The van der Waals surface area contributed by atoms with Gasteiger partial charge in [-0.2, -0.15) is 5.10 Å². The average Bonchev–Trinajstić information content (AvgIpc) is 2.87. The highest BCUT2D eigenvalue weighted by Gasteiger charge is 2.04. The number of hydrogen-bond donors (Lipinski definition) is 0. The standard InChI is InChI=1S/C16H17N3O/c1-12-6-9-16-17-15(18-19(16)11-12)8-7-13-4-3-5-14(10-13)20-2/h3-6,9-11H,7-8H2,1-2H3. The van der Waals surface area contributed by atoms with E-state index in [2.05, 4.69) is 35.2 Å². The summed E-state index contributed by atoms with van der Waals surface area (Å²) in [6, 6.07) is 12.2. The number of methoxy groups -OCH3 is 1. The third-order valence-corrected chi connectivity index (χ3v) is 3.29. The number of benzene rings is 1. The SMILES string of the molecule is COc1cccc(CCc2nc3ccc(C)cn3n2)c1.